The smallest absolute Gasteiger partial charge is 0.262 e. The van der Waals surface area contributed by atoms with Gasteiger partial charge in [0.15, 0.2) is 0 Å². The van der Waals surface area contributed by atoms with Gasteiger partial charge in [-0.15, -0.1) is 11.3 Å². The van der Waals surface area contributed by atoms with E-state index in [4.69, 9.17) is 0 Å². The summed E-state index contributed by atoms with van der Waals surface area (Å²) in [5.74, 6) is 3.63. The third-order valence-electron chi connectivity index (χ3n) is 2.20. The standard InChI is InChI=1S/C10H12BrNOS3/c11-8-1-2-16-9(8)10(13)12-5-7-6-14-3-4-15-7/h1-2,7H,3-6H2,(H,12,13)/t7-/m0/s1. The Kier molecular flexibility index (Phi) is 5.06. The van der Waals surface area contributed by atoms with Crippen LogP contribution in [0, 0.1) is 0 Å². The summed E-state index contributed by atoms with van der Waals surface area (Å²) in [6.07, 6.45) is 0. The van der Waals surface area contributed by atoms with Gasteiger partial charge in [-0.1, -0.05) is 0 Å². The van der Waals surface area contributed by atoms with Crippen LogP contribution in [0.3, 0.4) is 0 Å². The first-order valence-electron chi connectivity index (χ1n) is 4.98. The van der Waals surface area contributed by atoms with Crippen molar-refractivity contribution in [2.75, 3.05) is 23.8 Å². The van der Waals surface area contributed by atoms with Crippen LogP contribution in [0.2, 0.25) is 0 Å². The first kappa shape index (κ1) is 12.8. The highest BCUT2D eigenvalue weighted by molar-refractivity contribution is 9.10. The van der Waals surface area contributed by atoms with Gasteiger partial charge in [0.1, 0.15) is 4.88 Å². The summed E-state index contributed by atoms with van der Waals surface area (Å²) < 4.78 is 0.890. The number of nitrogens with one attached hydrogen (secondary N) is 1. The quantitative estimate of drug-likeness (QED) is 0.918. The zero-order valence-corrected chi connectivity index (χ0v) is 12.6. The number of rotatable bonds is 3. The van der Waals surface area contributed by atoms with Crippen molar-refractivity contribution in [2.45, 2.75) is 5.25 Å². The van der Waals surface area contributed by atoms with Gasteiger partial charge in [0.25, 0.3) is 5.91 Å². The molecule has 88 valence electrons. The highest BCUT2D eigenvalue weighted by Crippen LogP contribution is 2.24. The van der Waals surface area contributed by atoms with Crippen LogP contribution in [0.25, 0.3) is 0 Å². The molecule has 2 nitrogen and oxygen atoms in total. The van der Waals surface area contributed by atoms with Crippen molar-refractivity contribution in [3.63, 3.8) is 0 Å². The zero-order chi connectivity index (χ0) is 11.4. The molecule has 1 aliphatic rings. The lowest BCUT2D eigenvalue weighted by atomic mass is 10.4. The van der Waals surface area contributed by atoms with Crippen LogP contribution in [-0.4, -0.2) is 35.0 Å². The molecular formula is C10H12BrNOS3. The molecule has 6 heteroatoms. The molecule has 1 saturated heterocycles. The zero-order valence-electron chi connectivity index (χ0n) is 8.57. The average molecular weight is 338 g/mol. The van der Waals surface area contributed by atoms with E-state index in [1.807, 2.05) is 35.0 Å². The highest BCUT2D eigenvalue weighted by atomic mass is 79.9. The summed E-state index contributed by atoms with van der Waals surface area (Å²) in [5.41, 5.74) is 0. The van der Waals surface area contributed by atoms with Crippen LogP contribution in [-0.2, 0) is 0 Å². The number of hydrogen-bond donors (Lipinski definition) is 1. The molecule has 2 rings (SSSR count). The summed E-state index contributed by atoms with van der Waals surface area (Å²) in [6.45, 7) is 0.779. The van der Waals surface area contributed by atoms with Crippen LogP contribution >= 0.6 is 50.8 Å². The van der Waals surface area contributed by atoms with Crippen molar-refractivity contribution in [1.29, 1.82) is 0 Å². The van der Waals surface area contributed by atoms with E-state index in [-0.39, 0.29) is 5.91 Å². The lowest BCUT2D eigenvalue weighted by molar-refractivity contribution is 0.0957. The van der Waals surface area contributed by atoms with Gasteiger partial charge in [0.2, 0.25) is 0 Å². The van der Waals surface area contributed by atoms with E-state index in [2.05, 4.69) is 21.2 Å². The molecule has 1 N–H and O–H groups in total. The number of carbonyl (C=O) groups excluding carboxylic acids is 1. The SMILES string of the molecule is O=C(NC[C@H]1CSCCS1)c1sccc1Br. The van der Waals surface area contributed by atoms with E-state index in [0.29, 0.717) is 5.25 Å². The van der Waals surface area contributed by atoms with Crippen molar-refractivity contribution in [3.8, 4) is 0 Å². The second kappa shape index (κ2) is 6.33. The second-order valence-corrected chi connectivity index (χ2v) is 7.70. The van der Waals surface area contributed by atoms with Crippen LogP contribution in [0.15, 0.2) is 15.9 Å². The molecule has 0 unspecified atom stereocenters. The summed E-state index contributed by atoms with van der Waals surface area (Å²) in [6, 6.07) is 1.91. The Bertz CT molecular complexity index is 363. The molecule has 1 aromatic rings. The monoisotopic (exact) mass is 337 g/mol. The Balaban J connectivity index is 1.81. The maximum absolute atomic E-state index is 11.8. The molecular weight excluding hydrogens is 326 g/mol. The topological polar surface area (TPSA) is 29.1 Å². The Labute approximate surface area is 116 Å². The van der Waals surface area contributed by atoms with Crippen LogP contribution in [0.4, 0.5) is 0 Å². The van der Waals surface area contributed by atoms with E-state index >= 15 is 0 Å². The molecule has 1 amide bonds. The molecule has 0 aliphatic carbocycles. The fourth-order valence-corrected chi connectivity index (χ4v) is 5.48. The molecule has 1 atom stereocenters. The van der Waals surface area contributed by atoms with E-state index < -0.39 is 0 Å². The maximum Gasteiger partial charge on any atom is 0.262 e. The minimum absolute atomic E-state index is 0.0399. The lowest BCUT2D eigenvalue weighted by Gasteiger charge is -2.20. The summed E-state index contributed by atoms with van der Waals surface area (Å²) in [7, 11) is 0. The maximum atomic E-state index is 11.8. The Morgan fingerprint density at radius 3 is 3.06 bits per heavy atom. The van der Waals surface area contributed by atoms with Gasteiger partial charge in [-0.25, -0.2) is 0 Å². The fraction of sp³-hybridized carbons (Fsp3) is 0.500. The number of amides is 1. The average Bonchev–Trinajstić information content (AvgIpc) is 2.74. The normalized spacial score (nSPS) is 20.7. The first-order chi connectivity index (χ1) is 7.77. The number of carbonyl (C=O) groups is 1. The second-order valence-electron chi connectivity index (χ2n) is 3.38. The van der Waals surface area contributed by atoms with Crippen molar-refractivity contribution >= 4 is 56.7 Å². The molecule has 0 radical (unpaired) electrons. The van der Waals surface area contributed by atoms with Crippen molar-refractivity contribution in [2.24, 2.45) is 0 Å². The summed E-state index contributed by atoms with van der Waals surface area (Å²) in [4.78, 5) is 12.6. The lowest BCUT2D eigenvalue weighted by Crippen LogP contribution is -2.33. The Morgan fingerprint density at radius 1 is 1.56 bits per heavy atom. The predicted molar refractivity (Wildman–Crippen MR) is 77.9 cm³/mol. The van der Waals surface area contributed by atoms with Gasteiger partial charge in [-0.3, -0.25) is 4.79 Å². The minimum Gasteiger partial charge on any atom is -0.350 e. The third-order valence-corrected chi connectivity index (χ3v) is 6.88. The summed E-state index contributed by atoms with van der Waals surface area (Å²) in [5, 5.41) is 5.49. The molecule has 0 spiro atoms. The Hall–Kier alpha value is 0.350. The molecule has 1 fully saturated rings. The highest BCUT2D eigenvalue weighted by Gasteiger charge is 2.17. The van der Waals surface area contributed by atoms with Gasteiger partial charge in [-0.05, 0) is 27.4 Å². The van der Waals surface area contributed by atoms with Crippen molar-refractivity contribution in [1.82, 2.24) is 5.32 Å². The molecule has 16 heavy (non-hydrogen) atoms. The molecule has 0 bridgehead atoms. The van der Waals surface area contributed by atoms with Gasteiger partial charge in [-0.2, -0.15) is 23.5 Å². The van der Waals surface area contributed by atoms with E-state index in [9.17, 15) is 4.79 Å². The predicted octanol–water partition coefficient (Wildman–Crippen LogP) is 3.09. The van der Waals surface area contributed by atoms with Gasteiger partial charge < -0.3 is 5.32 Å². The first-order valence-corrected chi connectivity index (χ1v) is 8.85. The summed E-state index contributed by atoms with van der Waals surface area (Å²) >= 11 is 8.79. The van der Waals surface area contributed by atoms with Gasteiger partial charge >= 0.3 is 0 Å². The number of hydrogen-bond acceptors (Lipinski definition) is 4. The molecule has 1 aliphatic heterocycles. The van der Waals surface area contributed by atoms with Crippen molar-refractivity contribution in [3.05, 3.63) is 20.8 Å². The van der Waals surface area contributed by atoms with Crippen molar-refractivity contribution < 1.29 is 4.79 Å². The van der Waals surface area contributed by atoms with Crippen LogP contribution < -0.4 is 5.32 Å². The Morgan fingerprint density at radius 2 is 2.44 bits per heavy atom. The largest absolute Gasteiger partial charge is 0.350 e. The molecule has 2 heterocycles. The van der Waals surface area contributed by atoms with Gasteiger partial charge in [0.05, 0.1) is 0 Å². The van der Waals surface area contributed by atoms with Crippen LogP contribution in [0.5, 0.6) is 0 Å². The van der Waals surface area contributed by atoms with Crippen LogP contribution in [0.1, 0.15) is 9.67 Å². The molecule has 0 aromatic carbocycles. The molecule has 0 saturated carbocycles. The number of thioether (sulfide) groups is 2. The number of halogens is 1. The molecule has 1 aromatic heterocycles. The van der Waals surface area contributed by atoms with Gasteiger partial charge in [0, 0.05) is 33.5 Å². The fourth-order valence-electron chi connectivity index (χ4n) is 1.40. The van der Waals surface area contributed by atoms with E-state index in [1.54, 1.807) is 0 Å². The van der Waals surface area contributed by atoms with E-state index in [0.717, 1.165) is 21.6 Å². The van der Waals surface area contributed by atoms with E-state index in [1.165, 1.54) is 22.8 Å². The third kappa shape index (κ3) is 3.42. The minimum atomic E-state index is 0.0399. The number of thiophene rings is 1.